The van der Waals surface area contributed by atoms with E-state index >= 15 is 0 Å². The first kappa shape index (κ1) is 24.1. The van der Waals surface area contributed by atoms with Crippen molar-refractivity contribution in [2.24, 2.45) is 5.41 Å². The molecule has 2 saturated heterocycles. The Kier molecular flexibility index (Phi) is 6.24. The Balaban J connectivity index is 1.06. The normalized spacial score (nSPS) is 22.3. The van der Waals surface area contributed by atoms with Crippen LogP contribution >= 0.6 is 0 Å². The molecule has 4 aliphatic heterocycles. The van der Waals surface area contributed by atoms with Gasteiger partial charge >= 0.3 is 11.9 Å². The summed E-state index contributed by atoms with van der Waals surface area (Å²) in [4.78, 5) is 33.1. The van der Waals surface area contributed by atoms with Crippen LogP contribution in [0.2, 0.25) is 0 Å². The molecular formula is C29H33N3O5. The quantitative estimate of drug-likeness (QED) is 0.622. The second-order valence-corrected chi connectivity index (χ2v) is 10.8. The Morgan fingerprint density at radius 2 is 1.62 bits per heavy atom. The molecule has 0 aliphatic carbocycles. The van der Waals surface area contributed by atoms with Gasteiger partial charge < -0.3 is 24.4 Å². The van der Waals surface area contributed by atoms with E-state index in [4.69, 9.17) is 9.47 Å². The number of carbonyl (C=O) groups is 2. The van der Waals surface area contributed by atoms with Gasteiger partial charge in [0.15, 0.2) is 0 Å². The van der Waals surface area contributed by atoms with E-state index in [1.54, 1.807) is 18.5 Å². The Labute approximate surface area is 216 Å². The molecule has 1 unspecified atom stereocenters. The molecule has 0 radical (unpaired) electrons. The van der Waals surface area contributed by atoms with Crippen molar-refractivity contribution in [3.05, 3.63) is 70.2 Å². The van der Waals surface area contributed by atoms with Gasteiger partial charge in [0.1, 0.15) is 13.2 Å². The number of pyridine rings is 1. The molecule has 194 valence electrons. The molecule has 8 nitrogen and oxygen atoms in total. The molecule has 5 heterocycles. The van der Waals surface area contributed by atoms with Gasteiger partial charge in [0, 0.05) is 37.6 Å². The Bertz CT molecular complexity index is 1240. The summed E-state index contributed by atoms with van der Waals surface area (Å²) in [5, 5.41) is 11.0. The van der Waals surface area contributed by atoms with Gasteiger partial charge in [-0.25, -0.2) is 9.59 Å². The summed E-state index contributed by atoms with van der Waals surface area (Å²) in [7, 11) is 0. The number of aliphatic hydroxyl groups excluding tert-OH is 1. The minimum absolute atomic E-state index is 0.244. The lowest BCUT2D eigenvalue weighted by molar-refractivity contribution is -0.134. The van der Waals surface area contributed by atoms with Crippen molar-refractivity contribution in [3.8, 4) is 0 Å². The number of ether oxygens (including phenoxy) is 2. The number of cyclic esters (lactones) is 2. The van der Waals surface area contributed by atoms with Crippen LogP contribution in [0.25, 0.3) is 5.57 Å². The number of aliphatic hydroxyl groups is 1. The molecule has 37 heavy (non-hydrogen) atoms. The standard InChI is InChI=1S/C29H33N3O5/c1-19-21(2-3-22-23(19)17-36-27(22)34)25(33)16-31-12-6-29(7-13-31)8-14-32(15-9-29)24-18-37-28(35)26(24)20-4-10-30-11-5-20/h2-5,10-11,25,33H,6-9,12-18H2,1H3. The molecule has 0 saturated carbocycles. The number of rotatable bonds is 5. The average molecular weight is 504 g/mol. The average Bonchev–Trinajstić information content (AvgIpc) is 3.49. The van der Waals surface area contributed by atoms with Gasteiger partial charge in [0.25, 0.3) is 0 Å². The first-order valence-corrected chi connectivity index (χ1v) is 13.2. The number of carbonyl (C=O) groups excluding carboxylic acids is 2. The highest BCUT2D eigenvalue weighted by Gasteiger charge is 2.40. The first-order valence-electron chi connectivity index (χ1n) is 13.2. The van der Waals surface area contributed by atoms with E-state index in [0.29, 0.717) is 36.3 Å². The number of esters is 2. The summed E-state index contributed by atoms with van der Waals surface area (Å²) in [5.41, 5.74) is 6.25. The van der Waals surface area contributed by atoms with Crippen LogP contribution in [0.15, 0.2) is 42.4 Å². The van der Waals surface area contributed by atoms with Crippen molar-refractivity contribution in [3.63, 3.8) is 0 Å². The molecule has 6 rings (SSSR count). The van der Waals surface area contributed by atoms with Crippen LogP contribution in [0.5, 0.6) is 0 Å². The molecule has 1 atom stereocenters. The topological polar surface area (TPSA) is 92.2 Å². The second-order valence-electron chi connectivity index (χ2n) is 10.8. The number of aromatic nitrogens is 1. The Morgan fingerprint density at radius 1 is 0.946 bits per heavy atom. The summed E-state index contributed by atoms with van der Waals surface area (Å²) in [6.07, 6.45) is 7.27. The van der Waals surface area contributed by atoms with Crippen molar-refractivity contribution in [2.75, 3.05) is 39.3 Å². The highest BCUT2D eigenvalue weighted by Crippen LogP contribution is 2.43. The second kappa shape index (κ2) is 9.58. The highest BCUT2D eigenvalue weighted by molar-refractivity contribution is 6.19. The predicted octanol–water partition coefficient (Wildman–Crippen LogP) is 3.24. The van der Waals surface area contributed by atoms with Crippen molar-refractivity contribution >= 4 is 17.5 Å². The Hall–Kier alpha value is -3.23. The molecule has 1 aromatic carbocycles. The van der Waals surface area contributed by atoms with E-state index in [1.165, 1.54) is 0 Å². The summed E-state index contributed by atoms with van der Waals surface area (Å²) in [6.45, 7) is 7.00. The Morgan fingerprint density at radius 3 is 2.35 bits per heavy atom. The van der Waals surface area contributed by atoms with Crippen molar-refractivity contribution in [1.82, 2.24) is 14.8 Å². The number of hydrogen-bond acceptors (Lipinski definition) is 8. The number of piperidine rings is 2. The first-order chi connectivity index (χ1) is 17.9. The van der Waals surface area contributed by atoms with Gasteiger partial charge in [-0.15, -0.1) is 0 Å². The van der Waals surface area contributed by atoms with Crippen LogP contribution in [-0.2, 0) is 20.9 Å². The minimum Gasteiger partial charge on any atom is -0.457 e. The van der Waals surface area contributed by atoms with Crippen LogP contribution in [0.3, 0.4) is 0 Å². The fourth-order valence-corrected chi connectivity index (χ4v) is 6.48. The molecule has 1 aromatic heterocycles. The molecule has 0 amide bonds. The van der Waals surface area contributed by atoms with Gasteiger partial charge in [-0.2, -0.15) is 0 Å². The third kappa shape index (κ3) is 4.42. The van der Waals surface area contributed by atoms with E-state index in [2.05, 4.69) is 14.8 Å². The zero-order valence-corrected chi connectivity index (χ0v) is 21.2. The van der Waals surface area contributed by atoms with Crippen LogP contribution in [0.4, 0.5) is 0 Å². The maximum atomic E-state index is 12.5. The molecule has 1 spiro atoms. The number of nitrogens with zero attached hydrogens (tertiary/aromatic N) is 3. The SMILES string of the molecule is Cc1c(C(O)CN2CCC3(CC2)CCN(C2=C(c4ccncc4)C(=O)OC2)CC3)ccc2c1COC2=O. The van der Waals surface area contributed by atoms with Crippen LogP contribution in [0.1, 0.15) is 64.4 Å². The van der Waals surface area contributed by atoms with Crippen molar-refractivity contribution < 1.29 is 24.2 Å². The maximum Gasteiger partial charge on any atom is 0.341 e. The van der Waals surface area contributed by atoms with Crippen molar-refractivity contribution in [2.45, 2.75) is 45.3 Å². The van der Waals surface area contributed by atoms with Crippen LogP contribution in [0, 0.1) is 12.3 Å². The summed E-state index contributed by atoms with van der Waals surface area (Å²) in [6, 6.07) is 7.40. The third-order valence-electron chi connectivity index (χ3n) is 8.92. The number of hydrogen-bond donors (Lipinski definition) is 1. The van der Waals surface area contributed by atoms with Crippen LogP contribution in [-0.4, -0.2) is 71.2 Å². The molecule has 1 N–H and O–H groups in total. The van der Waals surface area contributed by atoms with Gasteiger partial charge in [-0.05, 0) is 86.0 Å². The van der Waals surface area contributed by atoms with Gasteiger partial charge in [0.2, 0.25) is 0 Å². The van der Waals surface area contributed by atoms with E-state index in [1.807, 2.05) is 25.1 Å². The lowest BCUT2D eigenvalue weighted by Crippen LogP contribution is -2.47. The van der Waals surface area contributed by atoms with Crippen molar-refractivity contribution in [1.29, 1.82) is 0 Å². The van der Waals surface area contributed by atoms with Gasteiger partial charge in [-0.1, -0.05) is 6.07 Å². The molecule has 0 bridgehead atoms. The number of benzene rings is 1. The number of fused-ring (bicyclic) bond motifs is 1. The minimum atomic E-state index is -0.588. The maximum absolute atomic E-state index is 12.5. The number of likely N-dealkylation sites (tertiary alicyclic amines) is 2. The molecule has 2 fully saturated rings. The monoisotopic (exact) mass is 503 g/mol. The molecule has 4 aliphatic rings. The van der Waals surface area contributed by atoms with E-state index in [0.717, 1.165) is 79.8 Å². The van der Waals surface area contributed by atoms with E-state index in [9.17, 15) is 14.7 Å². The highest BCUT2D eigenvalue weighted by atomic mass is 16.5. The smallest absolute Gasteiger partial charge is 0.341 e. The lowest BCUT2D eigenvalue weighted by atomic mass is 9.71. The summed E-state index contributed by atoms with van der Waals surface area (Å²) >= 11 is 0. The van der Waals surface area contributed by atoms with Gasteiger partial charge in [0.05, 0.1) is 22.9 Å². The zero-order valence-electron chi connectivity index (χ0n) is 21.2. The number of β-amino-alcohol motifs (C(OH)–C–C–N with tert-alkyl or cyclic N) is 1. The lowest BCUT2D eigenvalue weighted by Gasteiger charge is -2.48. The fourth-order valence-electron chi connectivity index (χ4n) is 6.48. The zero-order chi connectivity index (χ0) is 25.6. The third-order valence-corrected chi connectivity index (χ3v) is 8.92. The van der Waals surface area contributed by atoms with E-state index in [-0.39, 0.29) is 11.9 Å². The molecule has 8 heteroatoms. The van der Waals surface area contributed by atoms with Crippen LogP contribution < -0.4 is 0 Å². The predicted molar refractivity (Wildman–Crippen MR) is 136 cm³/mol. The largest absolute Gasteiger partial charge is 0.457 e. The summed E-state index contributed by atoms with van der Waals surface area (Å²) in [5.74, 6) is -0.519. The molecular weight excluding hydrogens is 470 g/mol. The summed E-state index contributed by atoms with van der Waals surface area (Å²) < 4.78 is 10.6. The fraction of sp³-hybridized carbons (Fsp3) is 0.483. The molecule has 2 aromatic rings. The van der Waals surface area contributed by atoms with E-state index < -0.39 is 6.10 Å². The van der Waals surface area contributed by atoms with Gasteiger partial charge in [-0.3, -0.25) is 4.98 Å².